The molecule has 3 rings (SSSR count). The SMILES string of the molecule is NC(=O)C1CCN(C2CN(C(=O)Nc3ccccc3Cl)C2)CC1. The van der Waals surface area contributed by atoms with E-state index in [4.69, 9.17) is 17.3 Å². The number of amides is 3. The number of hydrogen-bond donors (Lipinski definition) is 2. The molecular formula is C16H21ClN4O2. The van der Waals surface area contributed by atoms with Crippen LogP contribution in [0, 0.1) is 5.92 Å². The van der Waals surface area contributed by atoms with Crippen molar-refractivity contribution in [2.75, 3.05) is 31.5 Å². The third-order valence-corrected chi connectivity index (χ3v) is 5.04. The van der Waals surface area contributed by atoms with Gasteiger partial charge in [-0.05, 0) is 38.1 Å². The van der Waals surface area contributed by atoms with Crippen LogP contribution in [0.15, 0.2) is 24.3 Å². The number of urea groups is 1. The van der Waals surface area contributed by atoms with Crippen LogP contribution in [0.3, 0.4) is 0 Å². The number of hydrogen-bond acceptors (Lipinski definition) is 3. The molecule has 3 N–H and O–H groups in total. The number of nitrogens with one attached hydrogen (secondary N) is 1. The Bertz CT molecular complexity index is 595. The monoisotopic (exact) mass is 336 g/mol. The summed E-state index contributed by atoms with van der Waals surface area (Å²) in [5.74, 6) is -0.190. The fourth-order valence-electron chi connectivity index (χ4n) is 3.16. The fourth-order valence-corrected chi connectivity index (χ4v) is 3.34. The first-order chi connectivity index (χ1) is 11.0. The molecule has 0 unspecified atom stereocenters. The van der Waals surface area contributed by atoms with Gasteiger partial charge in [0.05, 0.1) is 10.7 Å². The highest BCUT2D eigenvalue weighted by Crippen LogP contribution is 2.25. The number of rotatable bonds is 3. The normalized spacial score (nSPS) is 20.1. The van der Waals surface area contributed by atoms with Crippen molar-refractivity contribution >= 4 is 29.2 Å². The second kappa shape index (κ2) is 6.76. The van der Waals surface area contributed by atoms with Gasteiger partial charge in [0, 0.05) is 25.0 Å². The molecule has 1 aromatic carbocycles. The highest BCUT2D eigenvalue weighted by molar-refractivity contribution is 6.33. The van der Waals surface area contributed by atoms with Crippen LogP contribution in [0.25, 0.3) is 0 Å². The van der Waals surface area contributed by atoms with E-state index < -0.39 is 0 Å². The highest BCUT2D eigenvalue weighted by atomic mass is 35.5. The van der Waals surface area contributed by atoms with Crippen LogP contribution >= 0.6 is 11.6 Å². The average molecular weight is 337 g/mol. The maximum Gasteiger partial charge on any atom is 0.321 e. The molecule has 0 radical (unpaired) electrons. The first-order valence-electron chi connectivity index (χ1n) is 7.88. The van der Waals surface area contributed by atoms with Gasteiger partial charge in [0.25, 0.3) is 0 Å². The largest absolute Gasteiger partial charge is 0.369 e. The minimum absolute atomic E-state index is 0.00551. The molecule has 0 aliphatic carbocycles. The van der Waals surface area contributed by atoms with Crippen molar-refractivity contribution in [3.05, 3.63) is 29.3 Å². The molecule has 0 atom stereocenters. The molecule has 2 aliphatic rings. The lowest BCUT2D eigenvalue weighted by Crippen LogP contribution is -2.63. The van der Waals surface area contributed by atoms with Crippen LogP contribution in [0.2, 0.25) is 5.02 Å². The molecule has 2 heterocycles. The molecule has 6 nitrogen and oxygen atoms in total. The number of halogens is 1. The van der Waals surface area contributed by atoms with E-state index >= 15 is 0 Å². The zero-order chi connectivity index (χ0) is 16.4. The van der Waals surface area contributed by atoms with Gasteiger partial charge in [-0.3, -0.25) is 9.69 Å². The Labute approximate surface area is 140 Å². The van der Waals surface area contributed by atoms with Gasteiger partial charge in [-0.1, -0.05) is 23.7 Å². The molecule has 124 valence electrons. The predicted molar refractivity (Wildman–Crippen MR) is 89.3 cm³/mol. The van der Waals surface area contributed by atoms with Crippen LogP contribution in [0.1, 0.15) is 12.8 Å². The second-order valence-corrected chi connectivity index (χ2v) is 6.59. The van der Waals surface area contributed by atoms with Gasteiger partial charge >= 0.3 is 6.03 Å². The molecule has 7 heteroatoms. The van der Waals surface area contributed by atoms with Crippen molar-refractivity contribution in [1.82, 2.24) is 9.80 Å². The summed E-state index contributed by atoms with van der Waals surface area (Å²) in [5, 5.41) is 3.37. The number of piperidine rings is 1. The number of benzene rings is 1. The first kappa shape index (κ1) is 16.1. The minimum Gasteiger partial charge on any atom is -0.369 e. The average Bonchev–Trinajstić information content (AvgIpc) is 2.48. The lowest BCUT2D eigenvalue weighted by molar-refractivity contribution is -0.123. The summed E-state index contributed by atoms with van der Waals surface area (Å²) in [7, 11) is 0. The smallest absolute Gasteiger partial charge is 0.321 e. The Morgan fingerprint density at radius 3 is 2.43 bits per heavy atom. The molecule has 0 spiro atoms. The standard InChI is InChI=1S/C16H21ClN4O2/c17-13-3-1-2-4-14(13)19-16(23)21-9-12(10-21)20-7-5-11(6-8-20)15(18)22/h1-4,11-12H,5-10H2,(H2,18,22)(H,19,23). The summed E-state index contributed by atoms with van der Waals surface area (Å²) in [6.07, 6.45) is 1.63. The van der Waals surface area contributed by atoms with Gasteiger partial charge in [0.2, 0.25) is 5.91 Å². The Morgan fingerprint density at radius 2 is 1.83 bits per heavy atom. The summed E-state index contributed by atoms with van der Waals surface area (Å²) in [6, 6.07) is 7.45. The number of para-hydroxylation sites is 1. The summed E-state index contributed by atoms with van der Waals surface area (Å²) in [4.78, 5) is 27.5. The number of nitrogens with zero attached hydrogens (tertiary/aromatic N) is 2. The van der Waals surface area contributed by atoms with E-state index in [0.717, 1.165) is 25.9 Å². The molecule has 23 heavy (non-hydrogen) atoms. The number of anilines is 1. The Balaban J connectivity index is 1.45. The topological polar surface area (TPSA) is 78.7 Å². The zero-order valence-corrected chi connectivity index (χ0v) is 13.6. The number of likely N-dealkylation sites (tertiary alicyclic amines) is 2. The van der Waals surface area contributed by atoms with E-state index in [0.29, 0.717) is 29.8 Å². The van der Waals surface area contributed by atoms with E-state index in [-0.39, 0.29) is 17.9 Å². The Kier molecular flexibility index (Phi) is 4.73. The van der Waals surface area contributed by atoms with Gasteiger partial charge in [-0.25, -0.2) is 4.79 Å². The van der Waals surface area contributed by atoms with Crippen molar-refractivity contribution in [3.63, 3.8) is 0 Å². The number of carbonyl (C=O) groups is 2. The van der Waals surface area contributed by atoms with Crippen LogP contribution < -0.4 is 11.1 Å². The molecule has 1 aromatic rings. The fraction of sp³-hybridized carbons (Fsp3) is 0.500. The molecule has 3 amide bonds. The molecule has 0 bridgehead atoms. The van der Waals surface area contributed by atoms with E-state index in [1.54, 1.807) is 17.0 Å². The van der Waals surface area contributed by atoms with E-state index in [2.05, 4.69) is 10.2 Å². The van der Waals surface area contributed by atoms with Crippen molar-refractivity contribution in [2.45, 2.75) is 18.9 Å². The third kappa shape index (κ3) is 3.59. The van der Waals surface area contributed by atoms with Gasteiger partial charge < -0.3 is 16.0 Å². The van der Waals surface area contributed by atoms with Crippen LogP contribution in [0.4, 0.5) is 10.5 Å². The lowest BCUT2D eigenvalue weighted by atomic mass is 9.94. The molecule has 2 aliphatic heterocycles. The Morgan fingerprint density at radius 1 is 1.17 bits per heavy atom. The number of primary amides is 1. The number of carbonyl (C=O) groups excluding carboxylic acids is 2. The van der Waals surface area contributed by atoms with Crippen molar-refractivity contribution in [1.29, 1.82) is 0 Å². The summed E-state index contributed by atoms with van der Waals surface area (Å²) in [5.41, 5.74) is 5.98. The maximum absolute atomic E-state index is 12.2. The summed E-state index contributed by atoms with van der Waals surface area (Å²) in [6.45, 7) is 3.16. The van der Waals surface area contributed by atoms with Gasteiger partial charge in [0.1, 0.15) is 0 Å². The van der Waals surface area contributed by atoms with Crippen molar-refractivity contribution < 1.29 is 9.59 Å². The van der Waals surface area contributed by atoms with Crippen molar-refractivity contribution in [3.8, 4) is 0 Å². The van der Waals surface area contributed by atoms with Crippen molar-refractivity contribution in [2.24, 2.45) is 11.7 Å². The van der Waals surface area contributed by atoms with Crippen LogP contribution in [0.5, 0.6) is 0 Å². The van der Waals surface area contributed by atoms with Crippen LogP contribution in [-0.2, 0) is 4.79 Å². The second-order valence-electron chi connectivity index (χ2n) is 6.18. The van der Waals surface area contributed by atoms with Gasteiger partial charge in [-0.15, -0.1) is 0 Å². The minimum atomic E-state index is -0.195. The Hall–Kier alpha value is -1.79. The molecule has 2 fully saturated rings. The van der Waals surface area contributed by atoms with E-state index in [1.165, 1.54) is 0 Å². The van der Waals surface area contributed by atoms with Gasteiger partial charge in [-0.2, -0.15) is 0 Å². The zero-order valence-electron chi connectivity index (χ0n) is 12.9. The van der Waals surface area contributed by atoms with E-state index in [1.807, 2.05) is 12.1 Å². The molecule has 0 saturated carbocycles. The quantitative estimate of drug-likeness (QED) is 0.882. The number of nitrogens with two attached hydrogens (primary N) is 1. The lowest BCUT2D eigenvalue weighted by Gasteiger charge is -2.47. The molecular weight excluding hydrogens is 316 g/mol. The van der Waals surface area contributed by atoms with Crippen LogP contribution in [-0.4, -0.2) is 54.0 Å². The molecule has 2 saturated heterocycles. The van der Waals surface area contributed by atoms with E-state index in [9.17, 15) is 9.59 Å². The maximum atomic E-state index is 12.2. The summed E-state index contributed by atoms with van der Waals surface area (Å²) < 4.78 is 0. The summed E-state index contributed by atoms with van der Waals surface area (Å²) >= 11 is 6.04. The third-order valence-electron chi connectivity index (χ3n) is 4.71. The first-order valence-corrected chi connectivity index (χ1v) is 8.26. The van der Waals surface area contributed by atoms with Gasteiger partial charge in [0.15, 0.2) is 0 Å². The highest BCUT2D eigenvalue weighted by Gasteiger charge is 2.37. The predicted octanol–water partition coefficient (Wildman–Crippen LogP) is 1.75. The molecule has 0 aromatic heterocycles.